The Hall–Kier alpha value is -0.160. The normalized spacial score (nSPS) is 12.8. The van der Waals surface area contributed by atoms with Crippen LogP contribution in [0.3, 0.4) is 0 Å². The molecule has 1 unspecified atom stereocenters. The number of thiophene rings is 1. The minimum absolute atomic E-state index is 0.588. The Bertz CT molecular complexity index is 507. The monoisotopic (exact) mass is 360 g/mol. The molecule has 1 heterocycles. The maximum Gasteiger partial charge on any atom is 0.107 e. The molecule has 0 aliphatic carbocycles. The van der Waals surface area contributed by atoms with Crippen LogP contribution in [-0.2, 0) is 0 Å². The van der Waals surface area contributed by atoms with Gasteiger partial charge in [-0.25, -0.2) is 0 Å². The molecule has 16 heavy (non-hydrogen) atoms. The van der Waals surface area contributed by atoms with Gasteiger partial charge in [0.15, 0.2) is 0 Å². The summed E-state index contributed by atoms with van der Waals surface area (Å²) in [5.41, 5.74) is 2.94. The van der Waals surface area contributed by atoms with Gasteiger partial charge in [0.2, 0.25) is 0 Å². The summed E-state index contributed by atoms with van der Waals surface area (Å²) in [7, 11) is 0. The summed E-state index contributed by atoms with van der Waals surface area (Å²) in [4.78, 5) is 0. The van der Waals surface area contributed by atoms with Crippen molar-refractivity contribution in [3.05, 3.63) is 54.6 Å². The van der Waals surface area contributed by atoms with Crippen LogP contribution < -0.4 is 0 Å². The van der Waals surface area contributed by atoms with E-state index in [1.54, 1.807) is 11.3 Å². The molecule has 4 heteroatoms. The number of aliphatic hydroxyl groups excluding tert-OH is 1. The lowest BCUT2D eigenvalue weighted by atomic mass is 10.0. The highest BCUT2D eigenvalue weighted by Gasteiger charge is 2.17. The zero-order valence-corrected chi connectivity index (χ0v) is 12.6. The Labute approximate surface area is 115 Å². The summed E-state index contributed by atoms with van der Waals surface area (Å²) in [5, 5.41) is 14.2. The van der Waals surface area contributed by atoms with Crippen molar-refractivity contribution in [2.45, 2.75) is 13.0 Å². The Kier molecular flexibility index (Phi) is 3.85. The zero-order valence-electron chi connectivity index (χ0n) is 8.58. The lowest BCUT2D eigenvalue weighted by Crippen LogP contribution is -2.00. The van der Waals surface area contributed by atoms with Crippen LogP contribution in [0, 0.1) is 6.92 Å². The smallest absolute Gasteiger partial charge is 0.107 e. The summed E-state index contributed by atoms with van der Waals surface area (Å²) < 4.78 is 1.93. The molecule has 0 amide bonds. The largest absolute Gasteiger partial charge is 0.384 e. The van der Waals surface area contributed by atoms with Gasteiger partial charge in [-0.1, -0.05) is 34.1 Å². The fourth-order valence-corrected chi connectivity index (χ4v) is 3.55. The molecule has 0 saturated carbocycles. The van der Waals surface area contributed by atoms with Crippen LogP contribution in [0.4, 0.5) is 0 Å². The summed E-state index contributed by atoms with van der Waals surface area (Å²) >= 11 is 8.54. The van der Waals surface area contributed by atoms with Gasteiger partial charge in [0.25, 0.3) is 0 Å². The Balaban J connectivity index is 2.46. The number of rotatable bonds is 2. The molecule has 2 aromatic rings. The molecular formula is C12H10Br2OS. The molecule has 1 nitrogen and oxygen atoms in total. The van der Waals surface area contributed by atoms with Crippen molar-refractivity contribution in [2.24, 2.45) is 0 Å². The van der Waals surface area contributed by atoms with E-state index in [1.807, 2.05) is 35.9 Å². The van der Waals surface area contributed by atoms with Gasteiger partial charge >= 0.3 is 0 Å². The van der Waals surface area contributed by atoms with Gasteiger partial charge < -0.3 is 5.11 Å². The molecule has 0 spiro atoms. The van der Waals surface area contributed by atoms with Gasteiger partial charge in [0.05, 0.1) is 0 Å². The van der Waals surface area contributed by atoms with Crippen LogP contribution in [0.1, 0.15) is 22.8 Å². The summed E-state index contributed by atoms with van der Waals surface area (Å²) in [6.07, 6.45) is -0.588. The maximum atomic E-state index is 10.3. The first-order valence-corrected chi connectivity index (χ1v) is 7.29. The van der Waals surface area contributed by atoms with E-state index in [2.05, 4.69) is 31.9 Å². The third-order valence-corrected chi connectivity index (χ3v) is 5.29. The van der Waals surface area contributed by atoms with Gasteiger partial charge in [0.1, 0.15) is 6.10 Å². The minimum atomic E-state index is -0.588. The van der Waals surface area contributed by atoms with Crippen molar-refractivity contribution in [1.29, 1.82) is 0 Å². The van der Waals surface area contributed by atoms with Crippen molar-refractivity contribution in [1.82, 2.24) is 0 Å². The standard InChI is InChI=1S/C12H10Br2OS/c1-7-3-2-4-8(11(7)14)12(15)9-5-16-6-10(9)13/h2-6,12,15H,1H3. The fourth-order valence-electron chi connectivity index (χ4n) is 1.54. The topological polar surface area (TPSA) is 20.2 Å². The zero-order chi connectivity index (χ0) is 11.7. The van der Waals surface area contributed by atoms with Crippen LogP contribution in [0.25, 0.3) is 0 Å². The van der Waals surface area contributed by atoms with E-state index >= 15 is 0 Å². The van der Waals surface area contributed by atoms with E-state index in [4.69, 9.17) is 0 Å². The number of aliphatic hydroxyl groups is 1. The van der Waals surface area contributed by atoms with Gasteiger partial charge in [-0.15, -0.1) is 0 Å². The van der Waals surface area contributed by atoms with Gasteiger partial charge in [-0.3, -0.25) is 0 Å². The number of aryl methyl sites for hydroxylation is 1. The molecule has 1 atom stereocenters. The van der Waals surface area contributed by atoms with E-state index in [-0.39, 0.29) is 0 Å². The SMILES string of the molecule is Cc1cccc(C(O)c2cscc2Br)c1Br. The highest BCUT2D eigenvalue weighted by atomic mass is 79.9. The molecule has 2 rings (SSSR count). The van der Waals surface area contributed by atoms with E-state index < -0.39 is 6.10 Å². The van der Waals surface area contributed by atoms with E-state index in [1.165, 1.54) is 0 Å². The van der Waals surface area contributed by atoms with E-state index in [9.17, 15) is 5.11 Å². The number of hydrogen-bond donors (Lipinski definition) is 1. The van der Waals surface area contributed by atoms with E-state index in [0.29, 0.717) is 0 Å². The Morgan fingerprint density at radius 3 is 2.56 bits per heavy atom. The highest BCUT2D eigenvalue weighted by Crippen LogP contribution is 2.35. The molecule has 1 aromatic heterocycles. The third-order valence-electron chi connectivity index (χ3n) is 2.45. The first-order chi connectivity index (χ1) is 7.61. The van der Waals surface area contributed by atoms with Gasteiger partial charge in [-0.2, -0.15) is 11.3 Å². The number of benzene rings is 1. The van der Waals surface area contributed by atoms with Crippen molar-refractivity contribution in [3.8, 4) is 0 Å². The average Bonchev–Trinajstić information content (AvgIpc) is 2.68. The lowest BCUT2D eigenvalue weighted by Gasteiger charge is -2.13. The third kappa shape index (κ3) is 2.25. The molecule has 0 aliphatic rings. The number of halogens is 2. The van der Waals surface area contributed by atoms with Crippen LogP contribution in [0.2, 0.25) is 0 Å². The average molecular weight is 362 g/mol. The van der Waals surface area contributed by atoms with Crippen molar-refractivity contribution in [3.63, 3.8) is 0 Å². The van der Waals surface area contributed by atoms with Crippen LogP contribution in [-0.4, -0.2) is 5.11 Å². The summed E-state index contributed by atoms with van der Waals surface area (Å²) in [5.74, 6) is 0. The molecule has 0 aliphatic heterocycles. The molecule has 84 valence electrons. The second-order valence-electron chi connectivity index (χ2n) is 3.56. The first kappa shape index (κ1) is 12.3. The quantitative estimate of drug-likeness (QED) is 0.824. The predicted octanol–water partition coefficient (Wildman–Crippen LogP) is 4.66. The Morgan fingerprint density at radius 2 is 1.94 bits per heavy atom. The summed E-state index contributed by atoms with van der Waals surface area (Å²) in [6, 6.07) is 5.91. The van der Waals surface area contributed by atoms with Crippen molar-refractivity contribution >= 4 is 43.2 Å². The van der Waals surface area contributed by atoms with Crippen molar-refractivity contribution in [2.75, 3.05) is 0 Å². The van der Waals surface area contributed by atoms with E-state index in [0.717, 1.165) is 25.6 Å². The molecule has 0 radical (unpaired) electrons. The van der Waals surface area contributed by atoms with Gasteiger partial charge in [0, 0.05) is 19.9 Å². The first-order valence-electron chi connectivity index (χ1n) is 4.76. The maximum absolute atomic E-state index is 10.3. The minimum Gasteiger partial charge on any atom is -0.384 e. The molecule has 0 bridgehead atoms. The highest BCUT2D eigenvalue weighted by molar-refractivity contribution is 9.11. The lowest BCUT2D eigenvalue weighted by molar-refractivity contribution is 0.219. The molecular weight excluding hydrogens is 352 g/mol. The Morgan fingerprint density at radius 1 is 1.19 bits per heavy atom. The van der Waals surface area contributed by atoms with Gasteiger partial charge in [-0.05, 0) is 39.4 Å². The second kappa shape index (κ2) is 5.00. The number of hydrogen-bond acceptors (Lipinski definition) is 2. The molecule has 0 fully saturated rings. The molecule has 1 N–H and O–H groups in total. The van der Waals surface area contributed by atoms with Crippen molar-refractivity contribution < 1.29 is 5.11 Å². The molecule has 0 saturated heterocycles. The summed E-state index contributed by atoms with van der Waals surface area (Å²) in [6.45, 7) is 2.02. The predicted molar refractivity (Wildman–Crippen MR) is 75.0 cm³/mol. The fraction of sp³-hybridized carbons (Fsp3) is 0.167. The molecule has 1 aromatic carbocycles. The second-order valence-corrected chi connectivity index (χ2v) is 5.95. The van der Waals surface area contributed by atoms with Crippen LogP contribution in [0.5, 0.6) is 0 Å². The van der Waals surface area contributed by atoms with Crippen LogP contribution >= 0.6 is 43.2 Å². The van der Waals surface area contributed by atoms with Crippen LogP contribution in [0.15, 0.2) is 37.9 Å².